The third-order valence-electron chi connectivity index (χ3n) is 4.17. The van der Waals surface area contributed by atoms with Crippen molar-refractivity contribution in [1.29, 1.82) is 0 Å². The number of hydrogen-bond donors (Lipinski definition) is 1. The Morgan fingerprint density at radius 1 is 1.42 bits per heavy atom. The predicted octanol–water partition coefficient (Wildman–Crippen LogP) is 3.30. The minimum atomic E-state index is 0.362. The fourth-order valence-corrected chi connectivity index (χ4v) is 3.82. The maximum Gasteiger partial charge on any atom is 0.162 e. The number of ether oxygens (including phenoxy) is 1. The molecule has 0 unspecified atom stereocenters. The molecule has 1 aliphatic rings. The molecule has 6 heteroatoms. The second-order valence-electron chi connectivity index (χ2n) is 6.41. The van der Waals surface area contributed by atoms with Crippen molar-refractivity contribution in [2.24, 2.45) is 0 Å². The number of hydrogen-bond acceptors (Lipinski definition) is 6. The van der Waals surface area contributed by atoms with Crippen LogP contribution in [0.4, 0.5) is 0 Å². The van der Waals surface area contributed by atoms with E-state index in [9.17, 15) is 0 Å². The second-order valence-corrected chi connectivity index (χ2v) is 7.52. The van der Waals surface area contributed by atoms with Gasteiger partial charge in [-0.15, -0.1) is 11.3 Å². The summed E-state index contributed by atoms with van der Waals surface area (Å²) in [4.78, 5) is 8.22. The Bertz CT molecular complexity index is 625. The van der Waals surface area contributed by atoms with Gasteiger partial charge in [-0.2, -0.15) is 0 Å². The number of rotatable bonds is 7. The van der Waals surface area contributed by atoms with Crippen LogP contribution in [0.15, 0.2) is 22.7 Å². The van der Waals surface area contributed by atoms with E-state index in [4.69, 9.17) is 9.15 Å². The van der Waals surface area contributed by atoms with Gasteiger partial charge in [-0.05, 0) is 51.9 Å². The molecule has 0 aromatic carbocycles. The molecule has 0 spiro atoms. The lowest BCUT2D eigenvalue weighted by molar-refractivity contribution is 0.0676. The standard InChI is InChI=1S/C18H27N3O2S/c1-14-5-6-17(23-14)18-20-12-16(24-18)11-19-7-3-8-21-9-4-10-22-15(2)13-21/h5-6,12,15,19H,3-4,7-11,13H2,1-2H3/t15-/m0/s1. The molecule has 3 heterocycles. The van der Waals surface area contributed by atoms with E-state index in [1.54, 1.807) is 11.3 Å². The fourth-order valence-electron chi connectivity index (χ4n) is 2.98. The normalized spacial score (nSPS) is 19.5. The zero-order valence-electron chi connectivity index (χ0n) is 14.6. The van der Waals surface area contributed by atoms with E-state index in [1.807, 2.05) is 25.3 Å². The van der Waals surface area contributed by atoms with Gasteiger partial charge >= 0.3 is 0 Å². The van der Waals surface area contributed by atoms with Crippen LogP contribution < -0.4 is 5.32 Å². The van der Waals surface area contributed by atoms with Crippen LogP contribution in [0.5, 0.6) is 0 Å². The molecule has 1 atom stereocenters. The lowest BCUT2D eigenvalue weighted by atomic mass is 10.3. The highest BCUT2D eigenvalue weighted by atomic mass is 32.1. The fraction of sp³-hybridized carbons (Fsp3) is 0.611. The smallest absolute Gasteiger partial charge is 0.162 e. The molecular weight excluding hydrogens is 322 g/mol. The van der Waals surface area contributed by atoms with Gasteiger partial charge in [-0.1, -0.05) is 0 Å². The van der Waals surface area contributed by atoms with E-state index in [0.717, 1.165) is 68.7 Å². The van der Waals surface area contributed by atoms with Gasteiger partial charge in [0.25, 0.3) is 0 Å². The van der Waals surface area contributed by atoms with Crippen LogP contribution in [-0.4, -0.2) is 48.8 Å². The first-order valence-corrected chi connectivity index (χ1v) is 9.58. The number of thiazole rings is 1. The summed E-state index contributed by atoms with van der Waals surface area (Å²) in [6.45, 7) is 10.3. The topological polar surface area (TPSA) is 50.5 Å². The summed E-state index contributed by atoms with van der Waals surface area (Å²) in [7, 11) is 0. The summed E-state index contributed by atoms with van der Waals surface area (Å²) < 4.78 is 11.3. The van der Waals surface area contributed by atoms with E-state index in [-0.39, 0.29) is 0 Å². The summed E-state index contributed by atoms with van der Waals surface area (Å²) in [5, 5.41) is 4.48. The predicted molar refractivity (Wildman–Crippen MR) is 97.3 cm³/mol. The largest absolute Gasteiger partial charge is 0.459 e. The monoisotopic (exact) mass is 349 g/mol. The Hall–Kier alpha value is -1.21. The molecule has 1 N–H and O–H groups in total. The summed E-state index contributed by atoms with van der Waals surface area (Å²) in [5.74, 6) is 1.79. The lowest BCUT2D eigenvalue weighted by Gasteiger charge is -2.21. The molecule has 0 aliphatic carbocycles. The number of aromatic nitrogens is 1. The molecule has 24 heavy (non-hydrogen) atoms. The van der Waals surface area contributed by atoms with Crippen LogP contribution in [-0.2, 0) is 11.3 Å². The molecule has 132 valence electrons. The molecule has 0 saturated carbocycles. The molecule has 1 aliphatic heterocycles. The molecule has 3 rings (SSSR count). The second kappa shape index (κ2) is 8.76. The summed E-state index contributed by atoms with van der Waals surface area (Å²) in [5.41, 5.74) is 0. The summed E-state index contributed by atoms with van der Waals surface area (Å²) in [6, 6.07) is 3.96. The summed E-state index contributed by atoms with van der Waals surface area (Å²) in [6.07, 6.45) is 4.61. The molecule has 0 radical (unpaired) electrons. The number of nitrogens with one attached hydrogen (secondary N) is 1. The highest BCUT2D eigenvalue weighted by molar-refractivity contribution is 7.14. The van der Waals surface area contributed by atoms with Crippen LogP contribution in [0.1, 0.15) is 30.4 Å². The third-order valence-corrected chi connectivity index (χ3v) is 5.18. The van der Waals surface area contributed by atoms with Gasteiger partial charge < -0.3 is 19.4 Å². The molecule has 2 aromatic heterocycles. The van der Waals surface area contributed by atoms with E-state index in [1.165, 1.54) is 4.88 Å². The Kier molecular flexibility index (Phi) is 6.43. The maximum atomic E-state index is 5.69. The zero-order chi connectivity index (χ0) is 16.8. The van der Waals surface area contributed by atoms with Gasteiger partial charge in [0.1, 0.15) is 5.76 Å². The minimum Gasteiger partial charge on any atom is -0.459 e. The van der Waals surface area contributed by atoms with Gasteiger partial charge in [-0.25, -0.2) is 4.98 Å². The SMILES string of the molecule is Cc1ccc(-c2ncc(CNCCCN3CCCO[C@@H](C)C3)s2)o1. The average Bonchev–Trinajstić information content (AvgIpc) is 3.14. The van der Waals surface area contributed by atoms with Gasteiger partial charge in [-0.3, -0.25) is 0 Å². The van der Waals surface area contributed by atoms with E-state index in [2.05, 4.69) is 22.1 Å². The van der Waals surface area contributed by atoms with Crippen LogP contribution in [0.2, 0.25) is 0 Å². The quantitative estimate of drug-likeness (QED) is 0.777. The first kappa shape index (κ1) is 17.6. The van der Waals surface area contributed by atoms with E-state index in [0.29, 0.717) is 6.10 Å². The van der Waals surface area contributed by atoms with Gasteiger partial charge in [0.2, 0.25) is 0 Å². The molecular formula is C18H27N3O2S. The Labute approximate surface area is 148 Å². The third kappa shape index (κ3) is 5.14. The van der Waals surface area contributed by atoms with Crippen molar-refractivity contribution in [3.8, 4) is 10.8 Å². The van der Waals surface area contributed by atoms with Gasteiger partial charge in [0, 0.05) is 37.3 Å². The first-order chi connectivity index (χ1) is 11.7. The van der Waals surface area contributed by atoms with Crippen molar-refractivity contribution < 1.29 is 9.15 Å². The Morgan fingerprint density at radius 2 is 2.33 bits per heavy atom. The summed E-state index contributed by atoms with van der Waals surface area (Å²) >= 11 is 1.69. The Morgan fingerprint density at radius 3 is 3.17 bits per heavy atom. The van der Waals surface area contributed by atoms with Crippen LogP contribution in [0.25, 0.3) is 10.8 Å². The molecule has 0 bridgehead atoms. The number of aryl methyl sites for hydroxylation is 1. The van der Waals surface area contributed by atoms with Crippen molar-refractivity contribution >= 4 is 11.3 Å². The van der Waals surface area contributed by atoms with Gasteiger partial charge in [0.05, 0.1) is 6.10 Å². The highest BCUT2D eigenvalue weighted by Crippen LogP contribution is 2.26. The molecule has 5 nitrogen and oxygen atoms in total. The Balaban J connectivity index is 1.35. The van der Waals surface area contributed by atoms with Crippen LogP contribution in [0.3, 0.4) is 0 Å². The van der Waals surface area contributed by atoms with Crippen molar-refractivity contribution in [3.63, 3.8) is 0 Å². The number of nitrogens with zero attached hydrogens (tertiary/aromatic N) is 2. The highest BCUT2D eigenvalue weighted by Gasteiger charge is 2.14. The van der Waals surface area contributed by atoms with Crippen molar-refractivity contribution in [1.82, 2.24) is 15.2 Å². The molecule has 0 amide bonds. The molecule has 1 fully saturated rings. The van der Waals surface area contributed by atoms with Crippen LogP contribution in [0, 0.1) is 6.92 Å². The molecule has 1 saturated heterocycles. The van der Waals surface area contributed by atoms with E-state index < -0.39 is 0 Å². The van der Waals surface area contributed by atoms with E-state index >= 15 is 0 Å². The maximum absolute atomic E-state index is 5.69. The van der Waals surface area contributed by atoms with Crippen molar-refractivity contribution in [2.75, 3.05) is 32.8 Å². The van der Waals surface area contributed by atoms with Crippen LogP contribution >= 0.6 is 11.3 Å². The lowest BCUT2D eigenvalue weighted by Crippen LogP contribution is -2.32. The minimum absolute atomic E-state index is 0.362. The number of furan rings is 1. The van der Waals surface area contributed by atoms with Crippen molar-refractivity contribution in [3.05, 3.63) is 29.0 Å². The van der Waals surface area contributed by atoms with Crippen molar-refractivity contribution in [2.45, 2.75) is 39.3 Å². The average molecular weight is 350 g/mol. The van der Waals surface area contributed by atoms with Gasteiger partial charge in [0.15, 0.2) is 10.8 Å². The molecule has 2 aromatic rings. The first-order valence-electron chi connectivity index (χ1n) is 8.77. The zero-order valence-corrected chi connectivity index (χ0v) is 15.4.